The number of nitrogens with one attached hydrogen (secondary N) is 2. The van der Waals surface area contributed by atoms with E-state index in [1.54, 1.807) is 0 Å². The summed E-state index contributed by atoms with van der Waals surface area (Å²) < 4.78 is 27.3. The average Bonchev–Trinajstić information content (AvgIpc) is 3.02. The highest BCUT2D eigenvalue weighted by atomic mass is 19.3. The van der Waals surface area contributed by atoms with Crippen molar-refractivity contribution >= 4 is 17.4 Å². The van der Waals surface area contributed by atoms with Gasteiger partial charge in [-0.25, -0.2) is 13.5 Å². The maximum Gasteiger partial charge on any atom is 0.280 e. The molecular formula is C18H18F2N4O. The van der Waals surface area contributed by atoms with Gasteiger partial charge in [0.05, 0.1) is 6.20 Å². The SMILES string of the molecule is C=C1C=C(C(F)F)n2ncc(C(=O)NCc3ccccc3CC)c2N1. The van der Waals surface area contributed by atoms with Gasteiger partial charge in [-0.05, 0) is 23.6 Å². The lowest BCUT2D eigenvalue weighted by molar-refractivity contribution is 0.0951. The van der Waals surface area contributed by atoms with E-state index >= 15 is 0 Å². The van der Waals surface area contributed by atoms with Crippen LogP contribution in [0.4, 0.5) is 14.6 Å². The lowest BCUT2D eigenvalue weighted by atomic mass is 10.1. The molecule has 7 heteroatoms. The van der Waals surface area contributed by atoms with Crippen molar-refractivity contribution in [2.24, 2.45) is 0 Å². The first-order chi connectivity index (χ1) is 12.0. The molecule has 1 aliphatic heterocycles. The van der Waals surface area contributed by atoms with E-state index in [1.807, 2.05) is 31.2 Å². The van der Waals surface area contributed by atoms with Crippen molar-refractivity contribution in [3.05, 3.63) is 65.5 Å². The second-order valence-corrected chi connectivity index (χ2v) is 5.64. The van der Waals surface area contributed by atoms with Crippen LogP contribution in [-0.2, 0) is 13.0 Å². The first-order valence-corrected chi connectivity index (χ1v) is 7.90. The number of amides is 1. The van der Waals surface area contributed by atoms with Crippen LogP contribution >= 0.6 is 0 Å². The average molecular weight is 344 g/mol. The fraction of sp³-hybridized carbons (Fsp3) is 0.222. The summed E-state index contributed by atoms with van der Waals surface area (Å²) >= 11 is 0. The molecule has 5 nitrogen and oxygen atoms in total. The van der Waals surface area contributed by atoms with Crippen molar-refractivity contribution in [2.75, 3.05) is 5.32 Å². The Morgan fingerprint density at radius 2 is 2.08 bits per heavy atom. The van der Waals surface area contributed by atoms with Crippen LogP contribution in [0.2, 0.25) is 0 Å². The summed E-state index contributed by atoms with van der Waals surface area (Å²) in [5.74, 6) is -0.188. The quantitative estimate of drug-likeness (QED) is 0.874. The molecule has 3 rings (SSSR count). The van der Waals surface area contributed by atoms with Crippen LogP contribution in [0.3, 0.4) is 0 Å². The molecule has 2 N–H and O–H groups in total. The normalized spacial score (nSPS) is 13.3. The van der Waals surface area contributed by atoms with Crippen LogP contribution < -0.4 is 10.6 Å². The molecule has 1 aliphatic rings. The zero-order chi connectivity index (χ0) is 18.0. The molecule has 25 heavy (non-hydrogen) atoms. The highest BCUT2D eigenvalue weighted by Gasteiger charge is 2.26. The maximum atomic E-state index is 13.1. The lowest BCUT2D eigenvalue weighted by Crippen LogP contribution is -2.25. The highest BCUT2D eigenvalue weighted by Crippen LogP contribution is 2.29. The number of aromatic nitrogens is 2. The van der Waals surface area contributed by atoms with Crippen molar-refractivity contribution in [1.29, 1.82) is 0 Å². The number of hydrogen-bond acceptors (Lipinski definition) is 3. The van der Waals surface area contributed by atoms with E-state index in [1.165, 1.54) is 12.3 Å². The fourth-order valence-corrected chi connectivity index (χ4v) is 2.76. The van der Waals surface area contributed by atoms with E-state index in [0.29, 0.717) is 6.54 Å². The van der Waals surface area contributed by atoms with Gasteiger partial charge in [-0.2, -0.15) is 5.10 Å². The van der Waals surface area contributed by atoms with E-state index in [0.717, 1.165) is 22.2 Å². The van der Waals surface area contributed by atoms with Gasteiger partial charge < -0.3 is 10.6 Å². The number of alkyl halides is 2. The number of carbonyl (C=O) groups excluding carboxylic acids is 1. The number of nitrogens with zero attached hydrogens (tertiary/aromatic N) is 2. The Balaban J connectivity index is 1.81. The van der Waals surface area contributed by atoms with Gasteiger partial charge in [-0.1, -0.05) is 37.8 Å². The predicted molar refractivity (Wildman–Crippen MR) is 92.3 cm³/mol. The Hall–Kier alpha value is -2.96. The van der Waals surface area contributed by atoms with E-state index in [-0.39, 0.29) is 28.7 Å². The van der Waals surface area contributed by atoms with Gasteiger partial charge in [0.2, 0.25) is 0 Å². The van der Waals surface area contributed by atoms with E-state index < -0.39 is 6.43 Å². The molecule has 0 atom stereocenters. The Morgan fingerprint density at radius 1 is 1.36 bits per heavy atom. The van der Waals surface area contributed by atoms with Crippen molar-refractivity contribution < 1.29 is 13.6 Å². The van der Waals surface area contributed by atoms with Crippen LogP contribution in [0, 0.1) is 0 Å². The van der Waals surface area contributed by atoms with Gasteiger partial charge in [0.25, 0.3) is 12.3 Å². The molecule has 1 amide bonds. The van der Waals surface area contributed by atoms with Crippen molar-refractivity contribution in [1.82, 2.24) is 15.1 Å². The van der Waals surface area contributed by atoms with Gasteiger partial charge >= 0.3 is 0 Å². The summed E-state index contributed by atoms with van der Waals surface area (Å²) in [4.78, 5) is 12.5. The van der Waals surface area contributed by atoms with Gasteiger partial charge in [-0.15, -0.1) is 0 Å². The van der Waals surface area contributed by atoms with Gasteiger partial charge in [0, 0.05) is 12.2 Å². The number of fused-ring (bicyclic) bond motifs is 1. The molecule has 0 fully saturated rings. The lowest BCUT2D eigenvalue weighted by Gasteiger charge is -2.19. The summed E-state index contributed by atoms with van der Waals surface area (Å²) in [6, 6.07) is 7.82. The summed E-state index contributed by atoms with van der Waals surface area (Å²) in [7, 11) is 0. The van der Waals surface area contributed by atoms with E-state index in [2.05, 4.69) is 22.3 Å². The van der Waals surface area contributed by atoms with Gasteiger partial charge in [0.15, 0.2) is 0 Å². The zero-order valence-corrected chi connectivity index (χ0v) is 13.7. The van der Waals surface area contributed by atoms with Crippen LogP contribution in [0.5, 0.6) is 0 Å². The van der Waals surface area contributed by atoms with Crippen LogP contribution in [0.15, 0.2) is 48.8 Å². The smallest absolute Gasteiger partial charge is 0.280 e. The molecule has 0 spiro atoms. The third-order valence-corrected chi connectivity index (χ3v) is 4.02. The number of rotatable bonds is 5. The highest BCUT2D eigenvalue weighted by molar-refractivity contribution is 6.00. The summed E-state index contributed by atoms with van der Waals surface area (Å²) in [6.45, 7) is 6.05. The minimum absolute atomic E-state index is 0.196. The molecule has 1 aromatic carbocycles. The van der Waals surface area contributed by atoms with Gasteiger partial charge in [-0.3, -0.25) is 4.79 Å². The molecule has 0 bridgehead atoms. The number of benzene rings is 1. The molecule has 0 radical (unpaired) electrons. The molecule has 1 aromatic heterocycles. The largest absolute Gasteiger partial charge is 0.348 e. The standard InChI is InChI=1S/C18H18F2N4O/c1-3-12-6-4-5-7-13(12)9-21-18(25)14-10-22-24-15(16(19)20)8-11(2)23-17(14)24/h4-8,10,16,23H,2-3,9H2,1H3,(H,21,25). The molecule has 0 saturated heterocycles. The summed E-state index contributed by atoms with van der Waals surface area (Å²) in [6.07, 6.45) is 0.631. The Kier molecular flexibility index (Phi) is 4.65. The van der Waals surface area contributed by atoms with Crippen LogP contribution in [-0.4, -0.2) is 22.1 Å². The number of carbonyl (C=O) groups is 1. The molecule has 0 saturated carbocycles. The summed E-state index contributed by atoms with van der Waals surface area (Å²) in [5, 5.41) is 9.55. The molecule has 0 unspecified atom stereocenters. The molecule has 130 valence electrons. The fourth-order valence-electron chi connectivity index (χ4n) is 2.76. The van der Waals surface area contributed by atoms with E-state index in [9.17, 15) is 13.6 Å². The Bertz CT molecular complexity index is 855. The third kappa shape index (κ3) is 3.31. The number of allylic oxidation sites excluding steroid dienone is 2. The van der Waals surface area contributed by atoms with Crippen molar-refractivity contribution in [2.45, 2.75) is 26.3 Å². The number of anilines is 1. The molecule has 2 heterocycles. The summed E-state index contributed by atoms with van der Waals surface area (Å²) in [5.41, 5.74) is 2.34. The third-order valence-electron chi connectivity index (χ3n) is 4.02. The predicted octanol–water partition coefficient (Wildman–Crippen LogP) is 3.42. The van der Waals surface area contributed by atoms with Crippen molar-refractivity contribution in [3.63, 3.8) is 0 Å². The molecule has 0 aliphatic carbocycles. The molecule has 2 aromatic rings. The minimum Gasteiger partial charge on any atom is -0.348 e. The van der Waals surface area contributed by atoms with Crippen LogP contribution in [0.25, 0.3) is 5.70 Å². The minimum atomic E-state index is -2.72. The topological polar surface area (TPSA) is 59.0 Å². The number of aryl methyl sites for hydroxylation is 1. The maximum absolute atomic E-state index is 13.1. The van der Waals surface area contributed by atoms with Crippen molar-refractivity contribution in [3.8, 4) is 0 Å². The Labute approximate surface area is 144 Å². The second-order valence-electron chi connectivity index (χ2n) is 5.64. The molecular weight excluding hydrogens is 326 g/mol. The number of hydrogen-bond donors (Lipinski definition) is 2. The monoisotopic (exact) mass is 344 g/mol. The Morgan fingerprint density at radius 3 is 2.76 bits per heavy atom. The van der Waals surface area contributed by atoms with E-state index in [4.69, 9.17) is 0 Å². The van der Waals surface area contributed by atoms with Gasteiger partial charge in [0.1, 0.15) is 17.1 Å². The van der Waals surface area contributed by atoms with Crippen LogP contribution in [0.1, 0.15) is 28.4 Å². The first kappa shape index (κ1) is 16.9. The second kappa shape index (κ2) is 6.88. The first-order valence-electron chi connectivity index (χ1n) is 7.90. The number of halogens is 2. The zero-order valence-electron chi connectivity index (χ0n) is 13.7.